The lowest BCUT2D eigenvalue weighted by Gasteiger charge is -2.29. The highest BCUT2D eigenvalue weighted by Crippen LogP contribution is 2.49. The summed E-state index contributed by atoms with van der Waals surface area (Å²) in [5, 5.41) is 10.6. The molecule has 1 aromatic carbocycles. The molecule has 0 aliphatic heterocycles. The lowest BCUT2D eigenvalue weighted by atomic mass is 9.85. The molecule has 0 heterocycles. The molecule has 0 spiro atoms. The normalized spacial score (nSPS) is 19.2. The second kappa shape index (κ2) is 4.06. The summed E-state index contributed by atoms with van der Waals surface area (Å²) in [5.74, 6) is 0.481. The van der Waals surface area contributed by atoms with Crippen molar-refractivity contribution < 1.29 is 14.2 Å². The van der Waals surface area contributed by atoms with Crippen LogP contribution < -0.4 is 4.74 Å². The third-order valence-electron chi connectivity index (χ3n) is 3.42. The van der Waals surface area contributed by atoms with Crippen molar-refractivity contribution in [3.8, 4) is 5.75 Å². The first-order valence-electron chi connectivity index (χ1n) is 5.68. The topological polar surface area (TPSA) is 29.5 Å². The number of aliphatic hydroxyl groups is 1. The van der Waals surface area contributed by atoms with Crippen LogP contribution in [0, 0.1) is 11.7 Å². The molecule has 1 aliphatic carbocycles. The molecule has 1 fully saturated rings. The largest absolute Gasteiger partial charge is 0.496 e. The summed E-state index contributed by atoms with van der Waals surface area (Å²) in [6.07, 6.45) is 2.59. The highest BCUT2D eigenvalue weighted by Gasteiger charge is 2.45. The molecule has 0 radical (unpaired) electrons. The van der Waals surface area contributed by atoms with E-state index < -0.39 is 5.60 Å². The fraction of sp³-hybridized carbons (Fsp3) is 0.538. The lowest BCUT2D eigenvalue weighted by molar-refractivity contribution is 0.00647. The van der Waals surface area contributed by atoms with E-state index in [4.69, 9.17) is 4.74 Å². The van der Waals surface area contributed by atoms with E-state index in [-0.39, 0.29) is 11.7 Å². The van der Waals surface area contributed by atoms with Crippen LogP contribution in [0.2, 0.25) is 0 Å². The van der Waals surface area contributed by atoms with Crippen molar-refractivity contribution in [3.63, 3.8) is 0 Å². The smallest absolute Gasteiger partial charge is 0.125 e. The zero-order valence-electron chi connectivity index (χ0n) is 9.66. The van der Waals surface area contributed by atoms with Crippen LogP contribution >= 0.6 is 0 Å². The third-order valence-corrected chi connectivity index (χ3v) is 3.42. The van der Waals surface area contributed by atoms with Crippen molar-refractivity contribution in [1.82, 2.24) is 0 Å². The molecule has 1 aromatic rings. The zero-order chi connectivity index (χ0) is 11.8. The van der Waals surface area contributed by atoms with E-state index in [1.54, 1.807) is 13.2 Å². The maximum absolute atomic E-state index is 13.3. The molecule has 88 valence electrons. The number of benzene rings is 1. The lowest BCUT2D eigenvalue weighted by Crippen LogP contribution is -2.28. The van der Waals surface area contributed by atoms with Gasteiger partial charge < -0.3 is 9.84 Å². The summed E-state index contributed by atoms with van der Waals surface area (Å²) < 4.78 is 18.5. The minimum Gasteiger partial charge on any atom is -0.496 e. The monoisotopic (exact) mass is 224 g/mol. The van der Waals surface area contributed by atoms with Gasteiger partial charge in [0, 0.05) is 5.56 Å². The Labute approximate surface area is 95.1 Å². The summed E-state index contributed by atoms with van der Waals surface area (Å²) in [5.41, 5.74) is -0.354. The molecular weight excluding hydrogens is 207 g/mol. The minimum atomic E-state index is -0.937. The number of halogens is 1. The van der Waals surface area contributed by atoms with E-state index in [0.717, 1.165) is 12.8 Å². The Balaban J connectivity index is 2.47. The minimum absolute atomic E-state index is 0.244. The number of ether oxygens (including phenoxy) is 1. The van der Waals surface area contributed by atoms with E-state index in [0.29, 0.717) is 17.7 Å². The van der Waals surface area contributed by atoms with E-state index in [1.165, 1.54) is 12.1 Å². The average molecular weight is 224 g/mol. The second-order valence-corrected chi connectivity index (χ2v) is 4.40. The number of hydrogen-bond donors (Lipinski definition) is 1. The fourth-order valence-corrected chi connectivity index (χ4v) is 2.28. The number of rotatable bonds is 4. The van der Waals surface area contributed by atoms with Gasteiger partial charge in [0.1, 0.15) is 11.6 Å². The van der Waals surface area contributed by atoms with Crippen LogP contribution in [-0.2, 0) is 5.60 Å². The molecule has 0 amide bonds. The van der Waals surface area contributed by atoms with Crippen LogP contribution in [0.5, 0.6) is 5.75 Å². The molecule has 16 heavy (non-hydrogen) atoms. The Morgan fingerprint density at radius 2 is 2.19 bits per heavy atom. The molecule has 2 nitrogen and oxygen atoms in total. The molecule has 2 rings (SSSR count). The maximum atomic E-state index is 13.3. The SMILES string of the molecule is CCC(O)(c1cc(F)ccc1OC)C1CC1. The van der Waals surface area contributed by atoms with Crippen LogP contribution in [0.4, 0.5) is 4.39 Å². The predicted octanol–water partition coefficient (Wildman–Crippen LogP) is 2.84. The number of methoxy groups -OCH3 is 1. The Bertz CT molecular complexity index is 388. The molecule has 0 bridgehead atoms. The van der Waals surface area contributed by atoms with Gasteiger partial charge in [-0.1, -0.05) is 6.92 Å². The van der Waals surface area contributed by atoms with Gasteiger partial charge >= 0.3 is 0 Å². The van der Waals surface area contributed by atoms with Crippen LogP contribution in [0.1, 0.15) is 31.7 Å². The number of hydrogen-bond acceptors (Lipinski definition) is 2. The summed E-state index contributed by atoms with van der Waals surface area (Å²) in [4.78, 5) is 0. The molecule has 1 saturated carbocycles. The summed E-state index contributed by atoms with van der Waals surface area (Å²) >= 11 is 0. The van der Waals surface area contributed by atoms with Crippen molar-refractivity contribution in [2.75, 3.05) is 7.11 Å². The zero-order valence-corrected chi connectivity index (χ0v) is 9.66. The first kappa shape index (κ1) is 11.4. The van der Waals surface area contributed by atoms with Crippen LogP contribution in [-0.4, -0.2) is 12.2 Å². The Kier molecular flexibility index (Phi) is 2.89. The van der Waals surface area contributed by atoms with E-state index in [2.05, 4.69) is 0 Å². The van der Waals surface area contributed by atoms with Crippen molar-refractivity contribution in [1.29, 1.82) is 0 Å². The van der Waals surface area contributed by atoms with Gasteiger partial charge in [-0.2, -0.15) is 0 Å². The van der Waals surface area contributed by atoms with Gasteiger partial charge in [-0.25, -0.2) is 4.39 Å². The van der Waals surface area contributed by atoms with Gasteiger partial charge in [-0.05, 0) is 43.4 Å². The molecule has 0 saturated heterocycles. The Morgan fingerprint density at radius 3 is 2.69 bits per heavy atom. The van der Waals surface area contributed by atoms with Gasteiger partial charge in [0.25, 0.3) is 0 Å². The van der Waals surface area contributed by atoms with Gasteiger partial charge in [-0.15, -0.1) is 0 Å². The van der Waals surface area contributed by atoms with Crippen molar-refractivity contribution in [2.24, 2.45) is 5.92 Å². The second-order valence-electron chi connectivity index (χ2n) is 4.40. The fourth-order valence-electron chi connectivity index (χ4n) is 2.28. The summed E-state index contributed by atoms with van der Waals surface area (Å²) in [7, 11) is 1.54. The van der Waals surface area contributed by atoms with Crippen LogP contribution in [0.25, 0.3) is 0 Å². The molecule has 1 aliphatic rings. The quantitative estimate of drug-likeness (QED) is 0.852. The standard InChI is InChI=1S/C13H17FO2/c1-3-13(15,9-4-5-9)11-8-10(14)6-7-12(11)16-2/h6-9,15H,3-5H2,1-2H3. The van der Waals surface area contributed by atoms with Crippen molar-refractivity contribution in [2.45, 2.75) is 31.8 Å². The van der Waals surface area contributed by atoms with E-state index in [9.17, 15) is 9.50 Å². The molecule has 3 heteroatoms. The van der Waals surface area contributed by atoms with Gasteiger partial charge in [0.05, 0.1) is 12.7 Å². The van der Waals surface area contributed by atoms with Gasteiger partial charge in [-0.3, -0.25) is 0 Å². The Hall–Kier alpha value is -1.09. The maximum Gasteiger partial charge on any atom is 0.125 e. The third kappa shape index (κ3) is 1.80. The van der Waals surface area contributed by atoms with E-state index in [1.807, 2.05) is 6.92 Å². The van der Waals surface area contributed by atoms with Crippen LogP contribution in [0.3, 0.4) is 0 Å². The summed E-state index contributed by atoms with van der Waals surface area (Å²) in [6, 6.07) is 4.32. The molecule has 1 unspecified atom stereocenters. The summed E-state index contributed by atoms with van der Waals surface area (Å²) in [6.45, 7) is 1.92. The van der Waals surface area contributed by atoms with Crippen molar-refractivity contribution >= 4 is 0 Å². The van der Waals surface area contributed by atoms with E-state index >= 15 is 0 Å². The molecule has 1 N–H and O–H groups in total. The van der Waals surface area contributed by atoms with Crippen molar-refractivity contribution in [3.05, 3.63) is 29.6 Å². The highest BCUT2D eigenvalue weighted by atomic mass is 19.1. The van der Waals surface area contributed by atoms with Gasteiger partial charge in [0.15, 0.2) is 0 Å². The molecule has 0 aromatic heterocycles. The Morgan fingerprint density at radius 1 is 1.50 bits per heavy atom. The van der Waals surface area contributed by atoms with Crippen LogP contribution in [0.15, 0.2) is 18.2 Å². The first-order valence-corrected chi connectivity index (χ1v) is 5.68. The average Bonchev–Trinajstić information content (AvgIpc) is 3.12. The highest BCUT2D eigenvalue weighted by molar-refractivity contribution is 5.39. The first-order chi connectivity index (χ1) is 7.61. The molecule has 1 atom stereocenters. The molecular formula is C13H17FO2. The predicted molar refractivity (Wildman–Crippen MR) is 59.9 cm³/mol. The van der Waals surface area contributed by atoms with Gasteiger partial charge in [0.2, 0.25) is 0 Å².